The molecule has 0 aliphatic carbocycles. The molecule has 0 saturated carbocycles. The van der Waals surface area contributed by atoms with Gasteiger partial charge in [0.2, 0.25) is 0 Å². The molecule has 1 aliphatic rings. The van der Waals surface area contributed by atoms with Gasteiger partial charge in [-0.05, 0) is 17.7 Å². The minimum atomic E-state index is -4.35. The van der Waals surface area contributed by atoms with E-state index in [9.17, 15) is 13.2 Å². The molecule has 1 unspecified atom stereocenters. The fourth-order valence-electron chi connectivity index (χ4n) is 1.75. The second-order valence-electron chi connectivity index (χ2n) is 4.35. The van der Waals surface area contributed by atoms with Gasteiger partial charge >= 0.3 is 6.18 Å². The highest BCUT2D eigenvalue weighted by Gasteiger charge is 2.28. The molecule has 1 aromatic rings. The number of alkyl halides is 4. The lowest BCUT2D eigenvalue weighted by Gasteiger charge is -2.14. The van der Waals surface area contributed by atoms with Crippen molar-refractivity contribution in [3.05, 3.63) is 23.8 Å². The first-order valence-electron chi connectivity index (χ1n) is 6.14. The van der Waals surface area contributed by atoms with E-state index in [0.29, 0.717) is 30.3 Å². The zero-order valence-corrected chi connectivity index (χ0v) is 11.3. The minimum absolute atomic E-state index is 0.222. The maximum Gasteiger partial charge on any atom is 0.411 e. The topological polar surface area (TPSA) is 27.7 Å². The van der Waals surface area contributed by atoms with Crippen LogP contribution in [0.2, 0.25) is 0 Å². The molecule has 1 aliphatic heterocycles. The summed E-state index contributed by atoms with van der Waals surface area (Å²) in [5.41, 5.74) is 0.637. The Kier molecular flexibility index (Phi) is 4.99. The van der Waals surface area contributed by atoms with E-state index in [-0.39, 0.29) is 6.61 Å². The quantitative estimate of drug-likeness (QED) is 0.794. The van der Waals surface area contributed by atoms with Crippen molar-refractivity contribution in [3.8, 4) is 11.5 Å². The molecule has 20 heavy (non-hydrogen) atoms. The zero-order chi connectivity index (χ0) is 14.6. The lowest BCUT2D eigenvalue weighted by atomic mass is 10.1. The van der Waals surface area contributed by atoms with Crippen LogP contribution in [0.25, 0.3) is 0 Å². The van der Waals surface area contributed by atoms with Gasteiger partial charge in [0, 0.05) is 6.42 Å². The molecular formula is C13H14ClF3O3. The number of benzene rings is 1. The first kappa shape index (κ1) is 15.3. The number of hydrogen-bond donors (Lipinski definition) is 0. The molecular weight excluding hydrogens is 297 g/mol. The van der Waals surface area contributed by atoms with Gasteiger partial charge in [-0.2, -0.15) is 13.2 Å². The fraction of sp³-hybridized carbons (Fsp3) is 0.538. The van der Waals surface area contributed by atoms with Crippen LogP contribution in [0.1, 0.15) is 17.4 Å². The third-order valence-electron chi connectivity index (χ3n) is 2.66. The van der Waals surface area contributed by atoms with Gasteiger partial charge in [-0.25, -0.2) is 0 Å². The Labute approximate surface area is 119 Å². The largest absolute Gasteiger partial charge is 0.490 e. The molecule has 3 nitrogen and oxygen atoms in total. The molecule has 112 valence electrons. The number of rotatable bonds is 4. The molecule has 1 heterocycles. The van der Waals surface area contributed by atoms with E-state index in [1.807, 2.05) is 0 Å². The highest BCUT2D eigenvalue weighted by atomic mass is 35.5. The van der Waals surface area contributed by atoms with E-state index in [1.165, 1.54) is 0 Å². The number of ether oxygens (including phenoxy) is 3. The summed E-state index contributed by atoms with van der Waals surface area (Å²) in [5.74, 6) is 1.17. The molecule has 0 aromatic heterocycles. The smallest absolute Gasteiger partial charge is 0.411 e. The van der Waals surface area contributed by atoms with Crippen molar-refractivity contribution in [1.82, 2.24) is 0 Å². The van der Waals surface area contributed by atoms with Gasteiger partial charge in [-0.3, -0.25) is 0 Å². The summed E-state index contributed by atoms with van der Waals surface area (Å²) >= 11 is 6.03. The van der Waals surface area contributed by atoms with Gasteiger partial charge in [0.15, 0.2) is 11.5 Å². The fourth-order valence-corrected chi connectivity index (χ4v) is 1.97. The van der Waals surface area contributed by atoms with Crippen LogP contribution in [-0.4, -0.2) is 32.6 Å². The van der Waals surface area contributed by atoms with Crippen LogP contribution < -0.4 is 9.47 Å². The normalized spacial score (nSPS) is 16.6. The Morgan fingerprint density at radius 1 is 1.20 bits per heavy atom. The van der Waals surface area contributed by atoms with Crippen LogP contribution in [0.4, 0.5) is 13.2 Å². The maximum absolute atomic E-state index is 12.0. The van der Waals surface area contributed by atoms with Crippen molar-refractivity contribution in [3.63, 3.8) is 0 Å². The first-order valence-corrected chi connectivity index (χ1v) is 6.57. The van der Waals surface area contributed by atoms with Crippen LogP contribution in [-0.2, 0) is 4.74 Å². The molecule has 1 atom stereocenters. The molecule has 0 amide bonds. The highest BCUT2D eigenvalue weighted by molar-refractivity contribution is 6.20. The third kappa shape index (κ3) is 4.45. The van der Waals surface area contributed by atoms with E-state index in [2.05, 4.69) is 4.74 Å². The standard InChI is InChI=1S/C13H14ClF3O3/c14-10(7-18-8-13(15,16)17)9-2-3-11-12(6-9)20-5-1-4-19-11/h2-3,6,10H,1,4-5,7-8H2. The van der Waals surface area contributed by atoms with Crippen molar-refractivity contribution >= 4 is 11.6 Å². The van der Waals surface area contributed by atoms with E-state index >= 15 is 0 Å². The van der Waals surface area contributed by atoms with Crippen LogP contribution in [0.5, 0.6) is 11.5 Å². The minimum Gasteiger partial charge on any atom is -0.490 e. The molecule has 0 fully saturated rings. The molecule has 2 rings (SSSR count). The molecule has 1 aromatic carbocycles. The average molecular weight is 311 g/mol. The van der Waals surface area contributed by atoms with Gasteiger partial charge in [0.1, 0.15) is 6.61 Å². The number of fused-ring (bicyclic) bond motifs is 1. The van der Waals surface area contributed by atoms with Crippen LogP contribution >= 0.6 is 11.6 Å². The first-order chi connectivity index (χ1) is 9.46. The molecule has 0 radical (unpaired) electrons. The van der Waals surface area contributed by atoms with Crippen molar-refractivity contribution < 1.29 is 27.4 Å². The lowest BCUT2D eigenvalue weighted by Crippen LogP contribution is -2.18. The van der Waals surface area contributed by atoms with Gasteiger partial charge in [0.05, 0.1) is 25.2 Å². The lowest BCUT2D eigenvalue weighted by molar-refractivity contribution is -0.173. The second-order valence-corrected chi connectivity index (χ2v) is 4.88. The van der Waals surface area contributed by atoms with E-state index in [4.69, 9.17) is 21.1 Å². The van der Waals surface area contributed by atoms with Gasteiger partial charge in [-0.1, -0.05) is 6.07 Å². The van der Waals surface area contributed by atoms with Crippen LogP contribution in [0.15, 0.2) is 18.2 Å². The van der Waals surface area contributed by atoms with Crippen molar-refractivity contribution in [2.45, 2.75) is 18.0 Å². The van der Waals surface area contributed by atoms with Crippen molar-refractivity contribution in [2.24, 2.45) is 0 Å². The molecule has 0 saturated heterocycles. The number of halogens is 4. The van der Waals surface area contributed by atoms with Crippen LogP contribution in [0, 0.1) is 0 Å². The molecule has 7 heteroatoms. The van der Waals surface area contributed by atoms with Gasteiger partial charge in [0.25, 0.3) is 0 Å². The predicted octanol–water partition coefficient (Wildman–Crippen LogP) is 3.71. The second kappa shape index (κ2) is 6.54. The summed E-state index contributed by atoms with van der Waals surface area (Å²) in [6.07, 6.45) is -3.57. The van der Waals surface area contributed by atoms with Crippen molar-refractivity contribution in [2.75, 3.05) is 26.4 Å². The van der Waals surface area contributed by atoms with Crippen molar-refractivity contribution in [1.29, 1.82) is 0 Å². The predicted molar refractivity (Wildman–Crippen MR) is 67.5 cm³/mol. The van der Waals surface area contributed by atoms with Gasteiger partial charge < -0.3 is 14.2 Å². The summed E-state index contributed by atoms with van der Waals surface area (Å²) in [5, 5.41) is -0.672. The molecule has 0 N–H and O–H groups in total. The Morgan fingerprint density at radius 3 is 2.60 bits per heavy atom. The summed E-state index contributed by atoms with van der Waals surface area (Å²) in [6.45, 7) is -0.416. The Morgan fingerprint density at radius 2 is 1.90 bits per heavy atom. The summed E-state index contributed by atoms with van der Waals surface area (Å²) < 4.78 is 51.4. The Balaban J connectivity index is 1.96. The third-order valence-corrected chi connectivity index (χ3v) is 3.04. The van der Waals surface area contributed by atoms with E-state index < -0.39 is 18.2 Å². The highest BCUT2D eigenvalue weighted by Crippen LogP contribution is 2.34. The zero-order valence-electron chi connectivity index (χ0n) is 10.6. The SMILES string of the molecule is FC(F)(F)COCC(Cl)c1ccc2c(c1)OCCCO2. The maximum atomic E-state index is 12.0. The van der Waals surface area contributed by atoms with E-state index in [1.54, 1.807) is 18.2 Å². The summed E-state index contributed by atoms with van der Waals surface area (Å²) in [6, 6.07) is 5.08. The Bertz CT molecular complexity index is 451. The summed E-state index contributed by atoms with van der Waals surface area (Å²) in [7, 11) is 0. The summed E-state index contributed by atoms with van der Waals surface area (Å²) in [4.78, 5) is 0. The van der Waals surface area contributed by atoms with Crippen LogP contribution in [0.3, 0.4) is 0 Å². The molecule has 0 bridgehead atoms. The van der Waals surface area contributed by atoms with Gasteiger partial charge in [-0.15, -0.1) is 11.6 Å². The number of hydrogen-bond acceptors (Lipinski definition) is 3. The monoisotopic (exact) mass is 310 g/mol. The Hall–Kier alpha value is -1.14. The van der Waals surface area contributed by atoms with E-state index in [0.717, 1.165) is 6.42 Å². The average Bonchev–Trinajstić information content (AvgIpc) is 2.61. The molecule has 0 spiro atoms.